The molecule has 1 aliphatic heterocycles. The minimum absolute atomic E-state index is 0.102. The topological polar surface area (TPSA) is 75.7 Å². The predicted octanol–water partition coefficient (Wildman–Crippen LogP) is 2.83. The van der Waals surface area contributed by atoms with Crippen molar-refractivity contribution in [3.05, 3.63) is 35.9 Å². The summed E-state index contributed by atoms with van der Waals surface area (Å²) in [5, 5.41) is 2.93. The maximum Gasteiger partial charge on any atom is 0.310 e. The van der Waals surface area contributed by atoms with Crippen molar-refractivity contribution in [2.45, 2.75) is 58.6 Å². The Morgan fingerprint density at radius 3 is 2.18 bits per heavy atom. The summed E-state index contributed by atoms with van der Waals surface area (Å²) < 4.78 is 5.68. The van der Waals surface area contributed by atoms with E-state index in [0.29, 0.717) is 31.5 Å². The molecule has 0 spiro atoms. The summed E-state index contributed by atoms with van der Waals surface area (Å²) in [6, 6.07) is 9.32. The van der Waals surface area contributed by atoms with Gasteiger partial charge in [-0.1, -0.05) is 51.1 Å². The van der Waals surface area contributed by atoms with Gasteiger partial charge in [-0.05, 0) is 25.7 Å². The largest absolute Gasteiger partial charge is 0.447 e. The van der Waals surface area contributed by atoms with Crippen molar-refractivity contribution in [3.8, 4) is 0 Å². The quantitative estimate of drug-likeness (QED) is 0.790. The molecule has 2 aliphatic rings. The molecular formula is C22H30N2O4. The van der Waals surface area contributed by atoms with E-state index in [1.807, 2.05) is 43.9 Å². The fourth-order valence-electron chi connectivity index (χ4n) is 3.41. The van der Waals surface area contributed by atoms with Gasteiger partial charge in [0.1, 0.15) is 0 Å². The Bertz CT molecular complexity index is 714. The molecule has 1 aromatic rings. The van der Waals surface area contributed by atoms with E-state index in [1.54, 1.807) is 12.1 Å². The zero-order valence-electron chi connectivity index (χ0n) is 16.9. The van der Waals surface area contributed by atoms with Crippen molar-refractivity contribution in [1.82, 2.24) is 10.2 Å². The first-order valence-corrected chi connectivity index (χ1v) is 10.1. The standard InChI is InChI=1S/C22H30N2O4/c1-22(2,3)21(27)24-13-11-16(12-14-24)20(26)28-18(15-7-5-4-6-8-15)19(25)23-17-9-10-17/h4-8,16-18H,9-14H2,1-3H3,(H,23,25)/t18-/m0/s1. The van der Waals surface area contributed by atoms with Crippen LogP contribution in [0.5, 0.6) is 0 Å². The van der Waals surface area contributed by atoms with Crippen LogP contribution in [0.15, 0.2) is 30.3 Å². The van der Waals surface area contributed by atoms with E-state index in [9.17, 15) is 14.4 Å². The highest BCUT2D eigenvalue weighted by Gasteiger charge is 2.36. The zero-order chi connectivity index (χ0) is 20.3. The van der Waals surface area contributed by atoms with Gasteiger partial charge in [0.2, 0.25) is 12.0 Å². The number of carbonyl (C=O) groups excluding carboxylic acids is 3. The second-order valence-corrected chi connectivity index (χ2v) is 8.83. The molecule has 0 unspecified atom stereocenters. The van der Waals surface area contributed by atoms with Crippen molar-refractivity contribution in [2.75, 3.05) is 13.1 Å². The molecule has 0 aromatic heterocycles. The summed E-state index contributed by atoms with van der Waals surface area (Å²) in [6.07, 6.45) is 2.14. The molecule has 0 radical (unpaired) electrons. The van der Waals surface area contributed by atoms with Gasteiger partial charge in [0.25, 0.3) is 5.91 Å². The number of rotatable bonds is 5. The van der Waals surface area contributed by atoms with E-state index in [2.05, 4.69) is 5.32 Å². The highest BCUT2D eigenvalue weighted by Crippen LogP contribution is 2.28. The van der Waals surface area contributed by atoms with E-state index in [1.165, 1.54) is 0 Å². The molecule has 1 atom stereocenters. The Labute approximate surface area is 166 Å². The first-order valence-electron chi connectivity index (χ1n) is 10.1. The van der Waals surface area contributed by atoms with Crippen LogP contribution in [0.4, 0.5) is 0 Å². The summed E-state index contributed by atoms with van der Waals surface area (Å²) in [7, 11) is 0. The monoisotopic (exact) mass is 386 g/mol. The third kappa shape index (κ3) is 5.12. The number of carbonyl (C=O) groups is 3. The molecule has 152 valence electrons. The molecule has 6 nitrogen and oxygen atoms in total. The number of nitrogens with zero attached hydrogens (tertiary/aromatic N) is 1. The van der Waals surface area contributed by atoms with Crippen LogP contribution < -0.4 is 5.32 Å². The molecule has 0 bridgehead atoms. The Balaban J connectivity index is 1.61. The Morgan fingerprint density at radius 1 is 1.04 bits per heavy atom. The van der Waals surface area contributed by atoms with E-state index in [4.69, 9.17) is 4.74 Å². The lowest BCUT2D eigenvalue weighted by atomic mass is 9.91. The predicted molar refractivity (Wildman–Crippen MR) is 105 cm³/mol. The number of hydrogen-bond acceptors (Lipinski definition) is 4. The van der Waals surface area contributed by atoms with Crippen LogP contribution in [0.25, 0.3) is 0 Å². The highest BCUT2D eigenvalue weighted by atomic mass is 16.5. The summed E-state index contributed by atoms with van der Waals surface area (Å²) in [5.41, 5.74) is 0.251. The molecule has 1 saturated heterocycles. The number of likely N-dealkylation sites (tertiary alicyclic amines) is 1. The van der Waals surface area contributed by atoms with Gasteiger partial charge < -0.3 is 15.0 Å². The molecule has 2 fully saturated rings. The minimum atomic E-state index is -0.927. The van der Waals surface area contributed by atoms with Crippen molar-refractivity contribution in [1.29, 1.82) is 0 Å². The number of nitrogens with one attached hydrogen (secondary N) is 1. The van der Waals surface area contributed by atoms with Crippen molar-refractivity contribution >= 4 is 17.8 Å². The van der Waals surface area contributed by atoms with Gasteiger partial charge in [-0.25, -0.2) is 0 Å². The van der Waals surface area contributed by atoms with E-state index in [-0.39, 0.29) is 29.7 Å². The number of piperidine rings is 1. The van der Waals surface area contributed by atoms with E-state index >= 15 is 0 Å². The molecule has 1 N–H and O–H groups in total. The molecule has 1 aliphatic carbocycles. The van der Waals surface area contributed by atoms with Crippen molar-refractivity contribution in [2.24, 2.45) is 11.3 Å². The molecule has 3 rings (SSSR count). The van der Waals surface area contributed by atoms with Crippen LogP contribution in [0, 0.1) is 11.3 Å². The molecule has 1 saturated carbocycles. The second kappa shape index (κ2) is 8.33. The third-order valence-electron chi connectivity index (χ3n) is 5.26. The maximum absolute atomic E-state index is 12.8. The molecule has 2 amide bonds. The zero-order valence-corrected chi connectivity index (χ0v) is 16.9. The maximum atomic E-state index is 12.8. The summed E-state index contributed by atoms with van der Waals surface area (Å²) in [5.74, 6) is -0.806. The molecule has 1 aromatic carbocycles. The summed E-state index contributed by atoms with van der Waals surface area (Å²) >= 11 is 0. The van der Waals surface area contributed by atoms with E-state index < -0.39 is 11.5 Å². The number of amides is 2. The normalized spacial score (nSPS) is 19.0. The minimum Gasteiger partial charge on any atom is -0.447 e. The van der Waals surface area contributed by atoms with Gasteiger partial charge in [0, 0.05) is 30.1 Å². The van der Waals surface area contributed by atoms with Crippen LogP contribution in [0.1, 0.15) is 58.1 Å². The lowest BCUT2D eigenvalue weighted by Crippen LogP contribution is -2.45. The lowest BCUT2D eigenvalue weighted by Gasteiger charge is -2.35. The molecular weight excluding hydrogens is 356 g/mol. The van der Waals surface area contributed by atoms with Crippen molar-refractivity contribution in [3.63, 3.8) is 0 Å². The first kappa shape index (κ1) is 20.4. The first-order chi connectivity index (χ1) is 13.3. The fourth-order valence-corrected chi connectivity index (χ4v) is 3.41. The average molecular weight is 386 g/mol. The number of esters is 1. The van der Waals surface area contributed by atoms with Crippen LogP contribution >= 0.6 is 0 Å². The van der Waals surface area contributed by atoms with Gasteiger partial charge in [0.05, 0.1) is 5.92 Å². The van der Waals surface area contributed by atoms with Gasteiger partial charge in [-0.2, -0.15) is 0 Å². The number of ether oxygens (including phenoxy) is 1. The summed E-state index contributed by atoms with van der Waals surface area (Å²) in [4.78, 5) is 39.6. The number of hydrogen-bond donors (Lipinski definition) is 1. The Hall–Kier alpha value is -2.37. The third-order valence-corrected chi connectivity index (χ3v) is 5.26. The van der Waals surface area contributed by atoms with Crippen LogP contribution in [-0.2, 0) is 19.1 Å². The average Bonchev–Trinajstić information content (AvgIpc) is 3.49. The lowest BCUT2D eigenvalue weighted by molar-refractivity contribution is -0.162. The van der Waals surface area contributed by atoms with Crippen LogP contribution in [0.3, 0.4) is 0 Å². The van der Waals surface area contributed by atoms with Gasteiger partial charge in [0.15, 0.2) is 0 Å². The fraction of sp³-hybridized carbons (Fsp3) is 0.591. The van der Waals surface area contributed by atoms with Crippen LogP contribution in [0.2, 0.25) is 0 Å². The van der Waals surface area contributed by atoms with Gasteiger partial charge in [-0.3, -0.25) is 14.4 Å². The van der Waals surface area contributed by atoms with E-state index in [0.717, 1.165) is 12.8 Å². The smallest absolute Gasteiger partial charge is 0.310 e. The number of benzene rings is 1. The Morgan fingerprint density at radius 2 is 1.64 bits per heavy atom. The van der Waals surface area contributed by atoms with Crippen LogP contribution in [-0.4, -0.2) is 41.8 Å². The molecule has 28 heavy (non-hydrogen) atoms. The van der Waals surface area contributed by atoms with Gasteiger partial charge >= 0.3 is 5.97 Å². The highest BCUT2D eigenvalue weighted by molar-refractivity contribution is 5.86. The van der Waals surface area contributed by atoms with Gasteiger partial charge in [-0.15, -0.1) is 0 Å². The molecule has 6 heteroatoms. The molecule has 1 heterocycles. The summed E-state index contributed by atoms with van der Waals surface area (Å²) in [6.45, 7) is 6.79. The Kier molecular flexibility index (Phi) is 6.06. The second-order valence-electron chi connectivity index (χ2n) is 8.83. The van der Waals surface area contributed by atoms with Crippen molar-refractivity contribution < 1.29 is 19.1 Å². The SMILES string of the molecule is CC(C)(C)C(=O)N1CCC(C(=O)O[C@H](C(=O)NC2CC2)c2ccccc2)CC1.